The number of benzene rings is 2. The largest absolute Gasteiger partial charge is 3.00 e. The summed E-state index contributed by atoms with van der Waals surface area (Å²) in [5.74, 6) is 0. The Labute approximate surface area is 177 Å². The molecule has 139 valence electrons. The number of carbonyl (C=O) groups excluding carboxylic acids is 3. The molecule has 0 heterocycles. The van der Waals surface area contributed by atoms with Gasteiger partial charge in [0.05, 0.1) is 0 Å². The molecule has 0 atom stereocenters. The molecule has 4 aliphatic rings. The van der Waals surface area contributed by atoms with Crippen molar-refractivity contribution >= 4 is 60.6 Å². The van der Waals surface area contributed by atoms with Crippen molar-refractivity contribution in [2.75, 3.05) is 0 Å². The minimum atomic E-state index is -2.15. The smallest absolute Gasteiger partial charge is 3.00 e. The molecule has 0 aromatic heterocycles. The van der Waals surface area contributed by atoms with Crippen molar-refractivity contribution in [3.63, 3.8) is 0 Å². The zero-order valence-corrected chi connectivity index (χ0v) is 19.8. The van der Waals surface area contributed by atoms with Crippen LogP contribution in [0.25, 0.3) is 21.8 Å². The molecule has 0 N–H and O–H groups in total. The summed E-state index contributed by atoms with van der Waals surface area (Å²) in [6.45, 7) is 9.75. The minimum absolute atomic E-state index is 0. The van der Waals surface area contributed by atoms with E-state index in [1.165, 1.54) is 22.3 Å². The maximum Gasteiger partial charge on any atom is 3.00 e. The molecule has 0 saturated heterocycles. The second-order valence-electron chi connectivity index (χ2n) is 6.43. The van der Waals surface area contributed by atoms with E-state index in [2.05, 4.69) is 102 Å². The molecule has 2 aromatic carbocycles. The number of hydrogen-bond acceptors (Lipinski definition) is 3. The molecule has 27 heavy (non-hydrogen) atoms. The Morgan fingerprint density at radius 2 is 0.926 bits per heavy atom. The van der Waals surface area contributed by atoms with E-state index in [1.54, 1.807) is 3.59 Å². The van der Waals surface area contributed by atoms with Crippen LogP contribution in [0.3, 0.4) is 0 Å². The maximum atomic E-state index is 7.75. The molecule has 0 saturated carbocycles. The Kier molecular flexibility index (Phi) is 14.6. The first-order valence-electron chi connectivity index (χ1n) is 7.84. The van der Waals surface area contributed by atoms with Crippen LogP contribution in [0.15, 0.2) is 48.5 Å². The Balaban J connectivity index is 0. The van der Waals surface area contributed by atoms with Gasteiger partial charge in [0, 0.05) is 0 Å². The van der Waals surface area contributed by atoms with Crippen molar-refractivity contribution in [3.05, 3.63) is 70.8 Å². The fourth-order valence-corrected chi connectivity index (χ4v) is 7.23. The zero-order valence-electron chi connectivity index (χ0n) is 15.7. The van der Waals surface area contributed by atoms with Crippen LogP contribution in [-0.2, 0) is 31.7 Å². The summed E-state index contributed by atoms with van der Waals surface area (Å²) in [4.78, 5) is 30.7. The molecule has 6 rings (SSSR count). The van der Waals surface area contributed by atoms with Gasteiger partial charge in [0.2, 0.25) is 0 Å². The van der Waals surface area contributed by atoms with Gasteiger partial charge in [-0.1, -0.05) is 0 Å². The van der Waals surface area contributed by atoms with Gasteiger partial charge in [-0.3, -0.25) is 20.4 Å². The fraction of sp³-hybridized carbons (Fsp3) is 0.136. The van der Waals surface area contributed by atoms with Gasteiger partial charge in [-0.15, -0.1) is 0 Å². The summed E-state index contributed by atoms with van der Waals surface area (Å²) >= 11 is -2.15. The predicted molar refractivity (Wildman–Crippen MR) is 113 cm³/mol. The fourth-order valence-electron chi connectivity index (χ4n) is 2.57. The monoisotopic (exact) mass is 507 g/mol. The van der Waals surface area contributed by atoms with Gasteiger partial charge in [0.1, 0.15) is 0 Å². The van der Waals surface area contributed by atoms with E-state index in [9.17, 15) is 0 Å². The van der Waals surface area contributed by atoms with Crippen molar-refractivity contribution in [2.45, 2.75) is 14.8 Å². The third-order valence-electron chi connectivity index (χ3n) is 3.75. The van der Waals surface area contributed by atoms with Crippen LogP contribution in [0.2, 0.25) is 14.8 Å². The van der Waals surface area contributed by atoms with Gasteiger partial charge in [-0.2, -0.15) is 0 Å². The van der Waals surface area contributed by atoms with Gasteiger partial charge in [-0.05, 0) is 0 Å². The van der Waals surface area contributed by atoms with Gasteiger partial charge >= 0.3 is 143 Å². The van der Waals surface area contributed by atoms with E-state index in [-0.39, 0.29) is 17.4 Å². The SMILES string of the molecule is [CH-]=O.[CH-]=O.[CH-]=O.[CH3][Sn]([CH3])([CH3])/[C]1=C/c2ccc(cc2)/C=C\c2ccc1cc2.[Cr+3]. The Bertz CT molecular complexity index is 725. The Morgan fingerprint density at radius 3 is 1.30 bits per heavy atom. The molecule has 4 bridgehead atoms. The van der Waals surface area contributed by atoms with Crippen molar-refractivity contribution in [3.8, 4) is 0 Å². The molecule has 0 amide bonds. The summed E-state index contributed by atoms with van der Waals surface area (Å²) in [7, 11) is 0. The van der Waals surface area contributed by atoms with Gasteiger partial charge in [0.15, 0.2) is 0 Å². The van der Waals surface area contributed by atoms with Crippen LogP contribution >= 0.6 is 0 Å². The summed E-state index contributed by atoms with van der Waals surface area (Å²) < 4.78 is 1.59. The summed E-state index contributed by atoms with van der Waals surface area (Å²) in [5.41, 5.74) is 5.23. The normalized spacial score (nSPS) is 13.8. The molecule has 3 nitrogen and oxygen atoms in total. The van der Waals surface area contributed by atoms with Crippen LogP contribution in [0.4, 0.5) is 0 Å². The zero-order chi connectivity index (χ0) is 20.2. The second kappa shape index (κ2) is 14.3. The molecule has 0 fully saturated rings. The average Bonchev–Trinajstić information content (AvgIpc) is 2.68. The van der Waals surface area contributed by atoms with E-state index >= 15 is 0 Å². The molecule has 0 unspecified atom stereocenters. The van der Waals surface area contributed by atoms with Crippen LogP contribution in [0.5, 0.6) is 0 Å². The first kappa shape index (κ1) is 27.5. The van der Waals surface area contributed by atoms with Gasteiger partial charge < -0.3 is 14.4 Å². The van der Waals surface area contributed by atoms with Crippen molar-refractivity contribution in [1.82, 2.24) is 0 Å². The van der Waals surface area contributed by atoms with Crippen LogP contribution in [0, 0.1) is 0 Å². The summed E-state index contributed by atoms with van der Waals surface area (Å²) in [6, 6.07) is 17.9. The molecular formula is C22H23CrO3Sn. The second-order valence-corrected chi connectivity index (χ2v) is 20.8. The topological polar surface area (TPSA) is 51.2 Å². The molecule has 5 heteroatoms. The first-order chi connectivity index (χ1) is 12.5. The van der Waals surface area contributed by atoms with Crippen LogP contribution in [-0.4, -0.2) is 38.7 Å². The third kappa shape index (κ3) is 8.66. The van der Waals surface area contributed by atoms with Gasteiger partial charge in [0.25, 0.3) is 0 Å². The van der Waals surface area contributed by atoms with Crippen molar-refractivity contribution in [1.29, 1.82) is 0 Å². The molecule has 0 aliphatic heterocycles. The van der Waals surface area contributed by atoms with Crippen molar-refractivity contribution in [2.24, 2.45) is 0 Å². The van der Waals surface area contributed by atoms with Crippen LogP contribution in [0.1, 0.15) is 22.3 Å². The Morgan fingerprint density at radius 1 is 0.593 bits per heavy atom. The molecule has 2 aromatic rings. The van der Waals surface area contributed by atoms with E-state index < -0.39 is 18.4 Å². The third-order valence-corrected chi connectivity index (χ3v) is 9.59. The number of hydrogen-bond donors (Lipinski definition) is 0. The van der Waals surface area contributed by atoms with Crippen LogP contribution < -0.4 is 0 Å². The average molecular weight is 506 g/mol. The molecule has 4 aliphatic carbocycles. The Hall–Kier alpha value is -1.74. The van der Waals surface area contributed by atoms with Crippen molar-refractivity contribution < 1.29 is 31.7 Å². The minimum Gasteiger partial charge on any atom is 3.00 e. The maximum absolute atomic E-state index is 7.75. The van der Waals surface area contributed by atoms with E-state index in [1.807, 2.05) is 0 Å². The predicted octanol–water partition coefficient (Wildman–Crippen LogP) is 4.76. The van der Waals surface area contributed by atoms with E-state index in [0.29, 0.717) is 0 Å². The summed E-state index contributed by atoms with van der Waals surface area (Å²) in [5, 5.41) is 0. The molecule has 1 radical (unpaired) electrons. The summed E-state index contributed by atoms with van der Waals surface area (Å²) in [6.07, 6.45) is 6.76. The molecular weight excluding hydrogens is 483 g/mol. The standard InChI is InChI=1S/C16H11.3CHO.3CH3.Cr.Sn/c1-2-14-4-3-13(1)9-10-15-5-7-16(8-6-15)12-11-14;3*1-2;;;;;/h1-11H;3*1H;3*1H3;;/q;3*-1;;;;+3;/b10-9-,12-11?,13-9?,14-11?,15-10?,16-12?;;;;;;;;. The van der Waals surface area contributed by atoms with Gasteiger partial charge in [-0.25, -0.2) is 0 Å². The molecule has 0 spiro atoms. The van der Waals surface area contributed by atoms with E-state index in [0.717, 1.165) is 0 Å². The quantitative estimate of drug-likeness (QED) is 0.319. The number of rotatable bonds is 1. The first-order valence-corrected chi connectivity index (χ1v) is 17.8. The van der Waals surface area contributed by atoms with E-state index in [4.69, 9.17) is 14.4 Å².